The molecule has 1 saturated carbocycles. The van der Waals surface area contributed by atoms with Crippen molar-refractivity contribution in [1.29, 1.82) is 0 Å². The van der Waals surface area contributed by atoms with Crippen molar-refractivity contribution in [1.82, 2.24) is 15.0 Å². The van der Waals surface area contributed by atoms with Crippen molar-refractivity contribution >= 4 is 11.6 Å². The molecule has 0 spiro atoms. The molecule has 1 atom stereocenters. The first kappa shape index (κ1) is 17.0. The van der Waals surface area contributed by atoms with Crippen molar-refractivity contribution in [2.45, 2.75) is 58.1 Å². The second-order valence-corrected chi connectivity index (χ2v) is 7.29. The number of carbonyl (C=O) groups is 1. The summed E-state index contributed by atoms with van der Waals surface area (Å²) in [5.74, 6) is 0.0901. The molecule has 1 aromatic heterocycles. The van der Waals surface area contributed by atoms with E-state index < -0.39 is 5.82 Å². The lowest BCUT2D eigenvalue weighted by atomic mass is 9.91. The number of benzene rings is 1. The van der Waals surface area contributed by atoms with Crippen LogP contribution >= 0.6 is 0 Å². The Bertz CT molecular complexity index is 859. The monoisotopic (exact) mass is 358 g/mol. The van der Waals surface area contributed by atoms with E-state index >= 15 is 4.39 Å². The van der Waals surface area contributed by atoms with Gasteiger partial charge in [0.1, 0.15) is 17.3 Å². The van der Waals surface area contributed by atoms with Gasteiger partial charge in [-0.3, -0.25) is 9.48 Å². The van der Waals surface area contributed by atoms with Crippen molar-refractivity contribution in [3.05, 3.63) is 23.6 Å². The maximum Gasteiger partial charge on any atom is 0.224 e. The number of hydrogen-bond donors (Lipinski definition) is 0. The van der Waals surface area contributed by atoms with Crippen LogP contribution in [-0.4, -0.2) is 33.0 Å². The average molecular weight is 358 g/mol. The minimum absolute atomic E-state index is 0.0339. The minimum Gasteiger partial charge on any atom is -0.489 e. The predicted molar refractivity (Wildman–Crippen MR) is 95.6 cm³/mol. The highest BCUT2D eigenvalue weighted by molar-refractivity contribution is 5.95. The highest BCUT2D eigenvalue weighted by Gasteiger charge is 2.34. The Morgan fingerprint density at radius 1 is 1.35 bits per heavy atom. The lowest BCUT2D eigenvalue weighted by molar-refractivity contribution is -0.117. The standard InChI is InChI=1S/C19H23FN4O2/c1-11-7-8-14-18(24(11)12(2)25)16(20)9-15(17-10-23(3)22-21-17)19(14)26-13-5-4-6-13/h9-11,13H,4-8H2,1-3H3. The number of carbonyl (C=O) groups excluding carboxylic acids is 1. The molecule has 0 bridgehead atoms. The fourth-order valence-corrected chi connectivity index (χ4v) is 3.79. The van der Waals surface area contributed by atoms with Gasteiger partial charge in [0.05, 0.1) is 18.0 Å². The Kier molecular flexibility index (Phi) is 4.17. The van der Waals surface area contributed by atoms with E-state index in [1.807, 2.05) is 6.92 Å². The molecule has 6 nitrogen and oxygen atoms in total. The van der Waals surface area contributed by atoms with Gasteiger partial charge in [-0.1, -0.05) is 5.21 Å². The fourth-order valence-electron chi connectivity index (χ4n) is 3.79. The first-order valence-electron chi connectivity index (χ1n) is 9.14. The molecule has 7 heteroatoms. The number of nitrogens with zero attached hydrogens (tertiary/aromatic N) is 4. The molecule has 2 aromatic rings. The molecule has 1 amide bonds. The zero-order chi connectivity index (χ0) is 18.4. The molecule has 2 heterocycles. The van der Waals surface area contributed by atoms with Crippen LogP contribution in [0.4, 0.5) is 10.1 Å². The van der Waals surface area contributed by atoms with Crippen molar-refractivity contribution in [2.24, 2.45) is 7.05 Å². The smallest absolute Gasteiger partial charge is 0.224 e. The predicted octanol–water partition coefficient (Wildman–Crippen LogP) is 3.24. The van der Waals surface area contributed by atoms with Gasteiger partial charge in [-0.2, -0.15) is 0 Å². The number of aromatic nitrogens is 3. The molecule has 4 rings (SSSR count). The molecule has 1 unspecified atom stereocenters. The van der Waals surface area contributed by atoms with Crippen LogP contribution in [0.1, 0.15) is 45.1 Å². The van der Waals surface area contributed by atoms with Crippen LogP contribution in [0.15, 0.2) is 12.3 Å². The number of ether oxygens (including phenoxy) is 1. The molecule has 26 heavy (non-hydrogen) atoms. The van der Waals surface area contributed by atoms with Gasteiger partial charge in [-0.05, 0) is 45.1 Å². The number of halogens is 1. The van der Waals surface area contributed by atoms with Crippen molar-refractivity contribution in [3.8, 4) is 17.0 Å². The molecule has 1 aliphatic carbocycles. The van der Waals surface area contributed by atoms with Gasteiger partial charge in [0.25, 0.3) is 0 Å². The van der Waals surface area contributed by atoms with E-state index in [1.165, 1.54) is 13.0 Å². The number of rotatable bonds is 3. The highest BCUT2D eigenvalue weighted by atomic mass is 19.1. The number of hydrogen-bond acceptors (Lipinski definition) is 4. The van der Waals surface area contributed by atoms with Gasteiger partial charge in [0.15, 0.2) is 0 Å². The maximum atomic E-state index is 15.1. The Hall–Kier alpha value is -2.44. The molecule has 1 aliphatic heterocycles. The van der Waals surface area contributed by atoms with E-state index in [9.17, 15) is 4.79 Å². The summed E-state index contributed by atoms with van der Waals surface area (Å²) < 4.78 is 23.0. The van der Waals surface area contributed by atoms with Crippen molar-refractivity contribution in [2.75, 3.05) is 4.90 Å². The third-order valence-corrected chi connectivity index (χ3v) is 5.35. The van der Waals surface area contributed by atoms with E-state index in [0.717, 1.165) is 31.2 Å². The number of amides is 1. The van der Waals surface area contributed by atoms with Crippen LogP contribution in [-0.2, 0) is 18.3 Å². The maximum absolute atomic E-state index is 15.1. The number of aryl methyl sites for hydroxylation is 1. The summed E-state index contributed by atoms with van der Waals surface area (Å²) in [5, 5.41) is 8.11. The fraction of sp³-hybridized carbons (Fsp3) is 0.526. The van der Waals surface area contributed by atoms with Crippen molar-refractivity contribution in [3.63, 3.8) is 0 Å². The Labute approximate surface area is 151 Å². The van der Waals surface area contributed by atoms with Crippen LogP contribution in [0.5, 0.6) is 5.75 Å². The van der Waals surface area contributed by atoms with Gasteiger partial charge in [0.2, 0.25) is 5.91 Å². The van der Waals surface area contributed by atoms with E-state index in [-0.39, 0.29) is 18.1 Å². The third-order valence-electron chi connectivity index (χ3n) is 5.35. The molecule has 138 valence electrons. The van der Waals surface area contributed by atoms with Gasteiger partial charge in [-0.15, -0.1) is 5.10 Å². The third kappa shape index (κ3) is 2.75. The Morgan fingerprint density at radius 3 is 2.69 bits per heavy atom. The topological polar surface area (TPSA) is 60.2 Å². The van der Waals surface area contributed by atoms with Crippen LogP contribution in [0, 0.1) is 5.82 Å². The quantitative estimate of drug-likeness (QED) is 0.845. The van der Waals surface area contributed by atoms with Crippen molar-refractivity contribution < 1.29 is 13.9 Å². The van der Waals surface area contributed by atoms with Gasteiger partial charge in [-0.25, -0.2) is 4.39 Å². The summed E-state index contributed by atoms with van der Waals surface area (Å²) >= 11 is 0. The second-order valence-electron chi connectivity index (χ2n) is 7.29. The number of fused-ring (bicyclic) bond motifs is 1. The van der Waals surface area contributed by atoms with Crippen LogP contribution < -0.4 is 9.64 Å². The van der Waals surface area contributed by atoms with E-state index in [2.05, 4.69) is 10.3 Å². The van der Waals surface area contributed by atoms with Crippen LogP contribution in [0.3, 0.4) is 0 Å². The first-order chi connectivity index (χ1) is 12.5. The van der Waals surface area contributed by atoms with Crippen LogP contribution in [0.2, 0.25) is 0 Å². The van der Waals surface area contributed by atoms with E-state index in [0.29, 0.717) is 29.1 Å². The van der Waals surface area contributed by atoms with Gasteiger partial charge < -0.3 is 9.64 Å². The molecule has 1 fully saturated rings. The van der Waals surface area contributed by atoms with Crippen LogP contribution in [0.25, 0.3) is 11.3 Å². The normalized spacial score (nSPS) is 19.8. The molecular formula is C19H23FN4O2. The molecular weight excluding hydrogens is 335 g/mol. The molecule has 0 saturated heterocycles. The molecule has 2 aliphatic rings. The van der Waals surface area contributed by atoms with E-state index in [4.69, 9.17) is 4.74 Å². The van der Waals surface area contributed by atoms with E-state index in [1.54, 1.807) is 22.8 Å². The summed E-state index contributed by atoms with van der Waals surface area (Å²) in [7, 11) is 1.77. The Morgan fingerprint density at radius 2 is 2.12 bits per heavy atom. The van der Waals surface area contributed by atoms with Gasteiger partial charge >= 0.3 is 0 Å². The summed E-state index contributed by atoms with van der Waals surface area (Å²) in [6.45, 7) is 3.43. The summed E-state index contributed by atoms with van der Waals surface area (Å²) in [5.41, 5.74) is 2.32. The molecule has 1 aromatic carbocycles. The molecule has 0 radical (unpaired) electrons. The highest BCUT2D eigenvalue weighted by Crippen LogP contribution is 2.45. The zero-order valence-corrected chi connectivity index (χ0v) is 15.3. The molecule has 0 N–H and O–H groups in total. The summed E-state index contributed by atoms with van der Waals surface area (Å²) in [6, 6.07) is 1.40. The SMILES string of the molecule is CC(=O)N1c2c(F)cc(-c3cn(C)nn3)c(OC3CCC3)c2CCC1C. The average Bonchev–Trinajstić information content (AvgIpc) is 2.98. The number of anilines is 1. The second kappa shape index (κ2) is 6.37. The lowest BCUT2D eigenvalue weighted by Gasteiger charge is -2.37. The first-order valence-corrected chi connectivity index (χ1v) is 9.14. The lowest BCUT2D eigenvalue weighted by Crippen LogP contribution is -2.41. The summed E-state index contributed by atoms with van der Waals surface area (Å²) in [6.07, 6.45) is 6.49. The Balaban J connectivity index is 1.91. The summed E-state index contributed by atoms with van der Waals surface area (Å²) in [4.78, 5) is 13.7. The van der Waals surface area contributed by atoms with Gasteiger partial charge in [0, 0.05) is 31.1 Å². The largest absolute Gasteiger partial charge is 0.489 e. The zero-order valence-electron chi connectivity index (χ0n) is 15.3. The minimum atomic E-state index is -0.414.